The maximum absolute atomic E-state index is 14.3. The number of hydrogen-bond acceptors (Lipinski definition) is 2. The predicted octanol–water partition coefficient (Wildman–Crippen LogP) is 3.64. The van der Waals surface area contributed by atoms with Crippen LogP contribution in [-0.4, -0.2) is 30.9 Å². The summed E-state index contributed by atoms with van der Waals surface area (Å²) in [6, 6.07) is 14.3. The van der Waals surface area contributed by atoms with Gasteiger partial charge in [0.15, 0.2) is 0 Å². The highest BCUT2D eigenvalue weighted by Crippen LogP contribution is 2.62. The van der Waals surface area contributed by atoms with Gasteiger partial charge in [-0.2, -0.15) is 0 Å². The van der Waals surface area contributed by atoms with Gasteiger partial charge in [0, 0.05) is 24.8 Å². The SMILES string of the molecule is COc1ccc(F)cc1[P@@]1(=O)N(c2ccccc2)C[C@@H]2CCCN21. The minimum absolute atomic E-state index is 0.240. The van der Waals surface area contributed by atoms with E-state index in [-0.39, 0.29) is 6.04 Å². The molecule has 4 rings (SSSR count). The van der Waals surface area contributed by atoms with E-state index in [1.165, 1.54) is 19.2 Å². The standard InChI is InChI=1S/C18H20FN2O2P/c1-23-17-10-9-14(19)12-18(17)24(22)20-11-5-8-16(20)13-21(24)15-6-3-2-4-7-15/h2-4,6-7,9-10,12,16H,5,8,11,13H2,1H3/t16-,24-/m0/s1. The maximum atomic E-state index is 14.3. The van der Waals surface area contributed by atoms with Crippen molar-refractivity contribution in [2.75, 3.05) is 24.9 Å². The van der Waals surface area contributed by atoms with Crippen LogP contribution in [0.2, 0.25) is 0 Å². The molecule has 4 nitrogen and oxygen atoms in total. The lowest BCUT2D eigenvalue weighted by Gasteiger charge is -2.32. The van der Waals surface area contributed by atoms with E-state index in [2.05, 4.69) is 4.67 Å². The van der Waals surface area contributed by atoms with E-state index >= 15 is 0 Å². The highest BCUT2D eigenvalue weighted by molar-refractivity contribution is 7.71. The topological polar surface area (TPSA) is 32.8 Å². The Hall–Kier alpha value is -1.84. The molecule has 2 aliphatic rings. The number of fused-ring (bicyclic) bond motifs is 1. The normalized spacial score (nSPS) is 26.6. The molecule has 2 aliphatic heterocycles. The van der Waals surface area contributed by atoms with Crippen LogP contribution >= 0.6 is 7.44 Å². The molecular formula is C18H20FN2O2P. The van der Waals surface area contributed by atoms with Crippen molar-refractivity contribution in [1.82, 2.24) is 4.67 Å². The molecule has 2 fully saturated rings. The molecule has 2 aromatic rings. The van der Waals surface area contributed by atoms with Gasteiger partial charge in [0.2, 0.25) is 0 Å². The van der Waals surface area contributed by atoms with Crippen molar-refractivity contribution in [1.29, 1.82) is 0 Å². The number of ether oxygens (including phenoxy) is 1. The third-order valence-electron chi connectivity index (χ3n) is 4.91. The quantitative estimate of drug-likeness (QED) is 0.795. The highest BCUT2D eigenvalue weighted by atomic mass is 31.2. The van der Waals surface area contributed by atoms with Crippen LogP contribution in [0.3, 0.4) is 0 Å². The van der Waals surface area contributed by atoms with E-state index in [9.17, 15) is 8.96 Å². The summed E-state index contributed by atoms with van der Waals surface area (Å²) < 4.78 is 37.7. The van der Waals surface area contributed by atoms with Gasteiger partial charge < -0.3 is 9.41 Å². The molecule has 2 heterocycles. The molecular weight excluding hydrogens is 326 g/mol. The molecule has 126 valence electrons. The second-order valence-corrected chi connectivity index (χ2v) is 8.80. The zero-order chi connectivity index (χ0) is 16.7. The molecule has 0 aromatic heterocycles. The lowest BCUT2D eigenvalue weighted by molar-refractivity contribution is 0.412. The van der Waals surface area contributed by atoms with Crippen LogP contribution in [0.15, 0.2) is 48.5 Å². The number of anilines is 1. The predicted molar refractivity (Wildman–Crippen MR) is 93.7 cm³/mol. The molecule has 0 N–H and O–H groups in total. The highest BCUT2D eigenvalue weighted by Gasteiger charge is 2.52. The summed E-state index contributed by atoms with van der Waals surface area (Å²) in [5.74, 6) is 0.0879. The van der Waals surface area contributed by atoms with Crippen molar-refractivity contribution >= 4 is 18.4 Å². The Labute approximate surface area is 141 Å². The molecule has 2 aromatic carbocycles. The van der Waals surface area contributed by atoms with Crippen LogP contribution < -0.4 is 14.7 Å². The van der Waals surface area contributed by atoms with Crippen LogP contribution in [0.25, 0.3) is 0 Å². The molecule has 0 saturated carbocycles. The van der Waals surface area contributed by atoms with Crippen molar-refractivity contribution in [2.24, 2.45) is 0 Å². The zero-order valence-corrected chi connectivity index (χ0v) is 14.5. The fraction of sp³-hybridized carbons (Fsp3) is 0.333. The average molecular weight is 346 g/mol. The monoisotopic (exact) mass is 346 g/mol. The van der Waals surface area contributed by atoms with Gasteiger partial charge in [-0.1, -0.05) is 18.2 Å². The Balaban J connectivity index is 1.90. The summed E-state index contributed by atoms with van der Waals surface area (Å²) in [6.07, 6.45) is 2.04. The number of methoxy groups -OCH3 is 1. The number of rotatable bonds is 3. The first kappa shape index (κ1) is 15.7. The Morgan fingerprint density at radius 3 is 2.75 bits per heavy atom. The van der Waals surface area contributed by atoms with Gasteiger partial charge in [0.25, 0.3) is 7.44 Å². The van der Waals surface area contributed by atoms with Crippen LogP contribution in [0.4, 0.5) is 10.1 Å². The third kappa shape index (κ3) is 2.27. The van der Waals surface area contributed by atoms with Gasteiger partial charge in [-0.25, -0.2) is 9.06 Å². The molecule has 0 radical (unpaired) electrons. The molecule has 0 amide bonds. The minimum Gasteiger partial charge on any atom is -0.496 e. The summed E-state index contributed by atoms with van der Waals surface area (Å²) in [4.78, 5) is 0. The number of halogens is 1. The van der Waals surface area contributed by atoms with E-state index in [4.69, 9.17) is 4.74 Å². The first-order valence-corrected chi connectivity index (χ1v) is 9.80. The lowest BCUT2D eigenvalue weighted by atomic mass is 10.2. The fourth-order valence-corrected chi connectivity index (χ4v) is 7.29. The number of nitrogens with zero attached hydrogens (tertiary/aromatic N) is 2. The zero-order valence-electron chi connectivity index (χ0n) is 13.6. The maximum Gasteiger partial charge on any atom is 0.273 e. The van der Waals surface area contributed by atoms with Crippen molar-refractivity contribution in [3.8, 4) is 5.75 Å². The molecule has 24 heavy (non-hydrogen) atoms. The van der Waals surface area contributed by atoms with E-state index < -0.39 is 13.3 Å². The average Bonchev–Trinajstić information content (AvgIpc) is 3.18. The minimum atomic E-state index is -3.14. The first-order valence-electron chi connectivity index (χ1n) is 8.19. The van der Waals surface area contributed by atoms with Gasteiger partial charge in [0.05, 0.1) is 12.4 Å². The third-order valence-corrected chi connectivity index (χ3v) is 8.16. The molecule has 0 spiro atoms. The summed E-state index contributed by atoms with van der Waals surface area (Å²) >= 11 is 0. The van der Waals surface area contributed by atoms with Gasteiger partial charge in [-0.3, -0.25) is 4.57 Å². The molecule has 0 aliphatic carbocycles. The fourth-order valence-electron chi connectivity index (χ4n) is 3.83. The summed E-state index contributed by atoms with van der Waals surface area (Å²) in [6.45, 7) is 1.46. The molecule has 2 atom stereocenters. The van der Waals surface area contributed by atoms with Crippen molar-refractivity contribution in [3.63, 3.8) is 0 Å². The summed E-state index contributed by atoms with van der Waals surface area (Å²) in [5, 5.41) is 0.457. The van der Waals surface area contributed by atoms with Gasteiger partial charge >= 0.3 is 0 Å². The summed E-state index contributed by atoms with van der Waals surface area (Å²) in [5.41, 5.74) is 0.904. The van der Waals surface area contributed by atoms with Crippen LogP contribution in [0.1, 0.15) is 12.8 Å². The van der Waals surface area contributed by atoms with E-state index in [0.717, 1.165) is 25.1 Å². The van der Waals surface area contributed by atoms with E-state index in [1.807, 2.05) is 35.0 Å². The molecule has 2 saturated heterocycles. The Bertz CT molecular complexity index is 799. The van der Waals surface area contributed by atoms with Gasteiger partial charge in [0.1, 0.15) is 11.6 Å². The number of hydrogen-bond donors (Lipinski definition) is 0. The smallest absolute Gasteiger partial charge is 0.273 e. The Morgan fingerprint density at radius 2 is 2.00 bits per heavy atom. The van der Waals surface area contributed by atoms with Crippen LogP contribution in [-0.2, 0) is 4.57 Å². The van der Waals surface area contributed by atoms with Crippen LogP contribution in [0.5, 0.6) is 5.75 Å². The van der Waals surface area contributed by atoms with E-state index in [0.29, 0.717) is 17.6 Å². The molecule has 6 heteroatoms. The second kappa shape index (κ2) is 5.91. The van der Waals surface area contributed by atoms with Crippen molar-refractivity contribution in [2.45, 2.75) is 18.9 Å². The molecule has 0 unspecified atom stereocenters. The lowest BCUT2D eigenvalue weighted by Crippen LogP contribution is -2.28. The van der Waals surface area contributed by atoms with Gasteiger partial charge in [-0.15, -0.1) is 0 Å². The number of benzene rings is 2. The molecule has 0 bridgehead atoms. The number of para-hydroxylation sites is 1. The van der Waals surface area contributed by atoms with Crippen LogP contribution in [0, 0.1) is 5.82 Å². The Kier molecular flexibility index (Phi) is 3.86. The van der Waals surface area contributed by atoms with E-state index in [1.54, 1.807) is 6.07 Å². The largest absolute Gasteiger partial charge is 0.496 e. The second-order valence-electron chi connectivity index (χ2n) is 6.24. The summed E-state index contributed by atoms with van der Waals surface area (Å²) in [7, 11) is -1.60. The van der Waals surface area contributed by atoms with Gasteiger partial charge in [-0.05, 0) is 43.2 Å². The Morgan fingerprint density at radius 1 is 1.21 bits per heavy atom. The van der Waals surface area contributed by atoms with Crippen molar-refractivity contribution in [3.05, 3.63) is 54.3 Å². The first-order chi connectivity index (χ1) is 11.6. The van der Waals surface area contributed by atoms with Crippen molar-refractivity contribution < 1.29 is 13.7 Å².